The fraction of sp³-hybridized carbons (Fsp3) is 0.286. The number of rotatable bonds is 4. The topological polar surface area (TPSA) is 149 Å². The number of hydrogen-bond acceptors (Lipinski definition) is 8. The van der Waals surface area contributed by atoms with Crippen LogP contribution in [0.4, 0.5) is 5.82 Å². The Kier molecular flexibility index (Phi) is 4.43. The summed E-state index contributed by atoms with van der Waals surface area (Å²) in [5.74, 6) is 0.937. The zero-order valence-electron chi connectivity index (χ0n) is 16.6. The highest BCUT2D eigenvalue weighted by Crippen LogP contribution is 2.38. The van der Waals surface area contributed by atoms with E-state index < -0.39 is 24.0 Å². The molecule has 0 amide bonds. The van der Waals surface area contributed by atoms with E-state index in [4.69, 9.17) is 15.2 Å². The number of ether oxygens (including phenoxy) is 2. The van der Waals surface area contributed by atoms with Crippen LogP contribution >= 0.6 is 0 Å². The van der Waals surface area contributed by atoms with Crippen molar-refractivity contribution in [1.29, 1.82) is 0 Å². The fourth-order valence-electron chi connectivity index (χ4n) is 3.85. The van der Waals surface area contributed by atoms with Gasteiger partial charge in [0.2, 0.25) is 0 Å². The van der Waals surface area contributed by atoms with Crippen LogP contribution in [0.25, 0.3) is 21.9 Å². The molecule has 3 aromatic heterocycles. The highest BCUT2D eigenvalue weighted by molar-refractivity contribution is 5.81. The Morgan fingerprint density at radius 3 is 2.97 bits per heavy atom. The molecule has 31 heavy (non-hydrogen) atoms. The van der Waals surface area contributed by atoms with E-state index in [2.05, 4.69) is 15.0 Å². The molecule has 0 bridgehead atoms. The van der Waals surface area contributed by atoms with Crippen molar-refractivity contribution >= 4 is 27.8 Å². The second-order valence-electron chi connectivity index (χ2n) is 7.78. The molecule has 10 heteroatoms. The van der Waals surface area contributed by atoms with E-state index in [9.17, 15) is 15.0 Å². The minimum Gasteiger partial charge on any atom is -0.491 e. The number of hydrogen-bond donors (Lipinski definition) is 4. The first-order chi connectivity index (χ1) is 14.8. The van der Waals surface area contributed by atoms with Crippen LogP contribution in [0.15, 0.2) is 53.7 Å². The zero-order valence-corrected chi connectivity index (χ0v) is 16.6. The summed E-state index contributed by atoms with van der Waals surface area (Å²) in [5, 5.41) is 23.0. The molecule has 4 atom stereocenters. The molecule has 1 saturated heterocycles. The number of pyridine rings is 1. The number of nitrogens with one attached hydrogen (secondary N) is 1. The SMILES string of the molecule is C[C@@]1(O)[C@@H](COc2ccc3ccc(N)nc3c2)O[C@@H](n2ccc3c(=O)[nH]cnc32)[C@@H]1O. The van der Waals surface area contributed by atoms with Gasteiger partial charge in [-0.05, 0) is 37.3 Å². The van der Waals surface area contributed by atoms with Crippen molar-refractivity contribution in [3.05, 3.63) is 59.3 Å². The van der Waals surface area contributed by atoms with Crippen LogP contribution in [0.3, 0.4) is 0 Å². The van der Waals surface area contributed by atoms with Crippen molar-refractivity contribution in [3.8, 4) is 5.75 Å². The molecule has 1 aliphatic heterocycles. The largest absolute Gasteiger partial charge is 0.491 e. The van der Waals surface area contributed by atoms with Crippen molar-refractivity contribution < 1.29 is 19.7 Å². The predicted molar refractivity (Wildman–Crippen MR) is 113 cm³/mol. The first-order valence-corrected chi connectivity index (χ1v) is 9.74. The summed E-state index contributed by atoms with van der Waals surface area (Å²) in [4.78, 5) is 22.9. The summed E-state index contributed by atoms with van der Waals surface area (Å²) in [6.07, 6.45) is -0.165. The van der Waals surface area contributed by atoms with E-state index in [-0.39, 0.29) is 12.2 Å². The maximum Gasteiger partial charge on any atom is 0.260 e. The van der Waals surface area contributed by atoms with Gasteiger partial charge in [-0.15, -0.1) is 0 Å². The first-order valence-electron chi connectivity index (χ1n) is 9.74. The van der Waals surface area contributed by atoms with Gasteiger partial charge in [0.15, 0.2) is 6.23 Å². The van der Waals surface area contributed by atoms with Crippen LogP contribution in [-0.2, 0) is 4.74 Å². The van der Waals surface area contributed by atoms with E-state index in [0.29, 0.717) is 28.1 Å². The molecule has 4 heterocycles. The maximum absolute atomic E-state index is 12.0. The lowest BCUT2D eigenvalue weighted by Gasteiger charge is -2.26. The molecule has 1 fully saturated rings. The number of nitrogens with two attached hydrogens (primary N) is 1. The Labute approximate surface area is 175 Å². The van der Waals surface area contributed by atoms with Gasteiger partial charge in [-0.2, -0.15) is 0 Å². The highest BCUT2D eigenvalue weighted by Gasteiger charge is 2.53. The molecule has 4 aromatic rings. The number of aromatic amines is 1. The Balaban J connectivity index is 1.39. The molecule has 0 radical (unpaired) electrons. The van der Waals surface area contributed by atoms with Crippen LogP contribution in [0.2, 0.25) is 0 Å². The lowest BCUT2D eigenvalue weighted by Crippen LogP contribution is -2.47. The molecular formula is C21H21N5O5. The van der Waals surface area contributed by atoms with Crippen LogP contribution in [0, 0.1) is 0 Å². The Bertz CT molecular complexity index is 1330. The Hall–Kier alpha value is -3.47. The van der Waals surface area contributed by atoms with Crippen molar-refractivity contribution in [2.75, 3.05) is 12.3 Å². The summed E-state index contributed by atoms with van der Waals surface area (Å²) in [7, 11) is 0. The summed E-state index contributed by atoms with van der Waals surface area (Å²) in [5.41, 5.74) is 4.89. The summed E-state index contributed by atoms with van der Waals surface area (Å²) in [6.45, 7) is 1.47. The number of anilines is 1. The van der Waals surface area contributed by atoms with Gasteiger partial charge in [0.1, 0.15) is 41.6 Å². The number of nitrogen functional groups attached to an aromatic ring is 1. The van der Waals surface area contributed by atoms with E-state index in [1.807, 2.05) is 12.1 Å². The molecule has 0 unspecified atom stereocenters. The van der Waals surface area contributed by atoms with Gasteiger partial charge in [-0.1, -0.05) is 0 Å². The Morgan fingerprint density at radius 2 is 2.13 bits per heavy atom. The van der Waals surface area contributed by atoms with Crippen LogP contribution < -0.4 is 16.0 Å². The number of aromatic nitrogens is 4. The standard InChI is InChI=1S/C21H21N5O5/c1-21(29)15(9-30-12-4-2-11-3-5-16(22)25-14(11)8-12)31-20(17(21)27)26-7-6-13-18(26)23-10-24-19(13)28/h2-8,10,15,17,20,27,29H,9H2,1H3,(H2,22,25)(H,23,24,28)/t15-,17+,20-,21-/m1/s1. The van der Waals surface area contributed by atoms with E-state index >= 15 is 0 Å². The van der Waals surface area contributed by atoms with Gasteiger partial charge < -0.3 is 35.0 Å². The van der Waals surface area contributed by atoms with Crippen molar-refractivity contribution in [3.63, 3.8) is 0 Å². The number of nitrogens with zero attached hydrogens (tertiary/aromatic N) is 3. The van der Waals surface area contributed by atoms with E-state index in [1.54, 1.807) is 30.5 Å². The lowest BCUT2D eigenvalue weighted by atomic mass is 9.95. The number of aliphatic hydroxyl groups excluding tert-OH is 1. The van der Waals surface area contributed by atoms with Crippen molar-refractivity contribution in [2.24, 2.45) is 0 Å². The van der Waals surface area contributed by atoms with Gasteiger partial charge in [0, 0.05) is 17.6 Å². The molecule has 10 nitrogen and oxygen atoms in total. The molecule has 0 aliphatic carbocycles. The monoisotopic (exact) mass is 423 g/mol. The zero-order chi connectivity index (χ0) is 21.8. The highest BCUT2D eigenvalue weighted by atomic mass is 16.6. The third kappa shape index (κ3) is 3.21. The maximum atomic E-state index is 12.0. The minimum absolute atomic E-state index is 0.0123. The molecule has 0 spiro atoms. The summed E-state index contributed by atoms with van der Waals surface area (Å²) in [6, 6.07) is 10.6. The summed E-state index contributed by atoms with van der Waals surface area (Å²) >= 11 is 0. The first kappa shape index (κ1) is 19.5. The molecular weight excluding hydrogens is 402 g/mol. The second kappa shape index (κ2) is 7.05. The third-order valence-electron chi connectivity index (χ3n) is 5.70. The number of benzene rings is 1. The average Bonchev–Trinajstić information content (AvgIpc) is 3.26. The molecule has 1 aliphatic rings. The summed E-state index contributed by atoms with van der Waals surface area (Å²) < 4.78 is 13.3. The van der Waals surface area contributed by atoms with Gasteiger partial charge in [-0.25, -0.2) is 9.97 Å². The van der Waals surface area contributed by atoms with Crippen molar-refractivity contribution in [2.45, 2.75) is 31.0 Å². The molecule has 5 rings (SSSR count). The lowest BCUT2D eigenvalue weighted by molar-refractivity contribution is -0.0765. The molecule has 1 aromatic carbocycles. The van der Waals surface area contributed by atoms with Crippen LogP contribution in [-0.4, -0.2) is 54.1 Å². The normalized spacial score (nSPS) is 26.0. The van der Waals surface area contributed by atoms with Gasteiger partial charge in [-0.3, -0.25) is 4.79 Å². The molecule has 5 N–H and O–H groups in total. The molecule has 0 saturated carbocycles. The number of H-pyrrole nitrogens is 1. The van der Waals surface area contributed by atoms with Crippen LogP contribution in [0.5, 0.6) is 5.75 Å². The second-order valence-corrected chi connectivity index (χ2v) is 7.78. The quantitative estimate of drug-likeness (QED) is 0.379. The fourth-order valence-corrected chi connectivity index (χ4v) is 3.85. The van der Waals surface area contributed by atoms with Gasteiger partial charge in [0.05, 0.1) is 17.2 Å². The number of aliphatic hydroxyl groups is 2. The smallest absolute Gasteiger partial charge is 0.260 e. The third-order valence-corrected chi connectivity index (χ3v) is 5.70. The molecule has 160 valence electrons. The Morgan fingerprint density at radius 1 is 1.32 bits per heavy atom. The van der Waals surface area contributed by atoms with E-state index in [0.717, 1.165) is 5.39 Å². The average molecular weight is 423 g/mol. The minimum atomic E-state index is -1.60. The predicted octanol–water partition coefficient (Wildman–Crippen LogP) is 0.943. The van der Waals surface area contributed by atoms with Crippen LogP contribution in [0.1, 0.15) is 13.2 Å². The van der Waals surface area contributed by atoms with Crippen molar-refractivity contribution in [1.82, 2.24) is 19.5 Å². The van der Waals surface area contributed by atoms with E-state index in [1.165, 1.54) is 17.8 Å². The van der Waals surface area contributed by atoms with Gasteiger partial charge in [0.25, 0.3) is 5.56 Å². The number of fused-ring (bicyclic) bond motifs is 2. The van der Waals surface area contributed by atoms with Gasteiger partial charge >= 0.3 is 0 Å².